The molecule has 3 aromatic carbocycles. The molecule has 136 valence electrons. The zero-order valence-electron chi connectivity index (χ0n) is 15.0. The number of carbonyl (C=O) groups excluding carboxylic acids is 1. The molecule has 0 amide bonds. The van der Waals surface area contributed by atoms with Crippen LogP contribution in [0.4, 0.5) is 17.1 Å². The van der Waals surface area contributed by atoms with E-state index in [0.29, 0.717) is 11.1 Å². The van der Waals surface area contributed by atoms with Crippen molar-refractivity contribution in [2.45, 2.75) is 0 Å². The molecule has 0 aliphatic carbocycles. The third-order valence-electron chi connectivity index (χ3n) is 4.45. The maximum atomic E-state index is 12.3. The summed E-state index contributed by atoms with van der Waals surface area (Å²) in [6, 6.07) is 24.2. The second kappa shape index (κ2) is 7.68. The number of ketones is 1. The van der Waals surface area contributed by atoms with Gasteiger partial charge in [0.25, 0.3) is 0 Å². The average Bonchev–Trinajstić information content (AvgIpc) is 3.23. The van der Waals surface area contributed by atoms with Gasteiger partial charge in [-0.25, -0.2) is 0 Å². The fraction of sp³-hybridized carbons (Fsp3) is 0.0435. The second-order valence-electron chi connectivity index (χ2n) is 6.31. The Morgan fingerprint density at radius 1 is 0.929 bits per heavy atom. The molecule has 0 bridgehead atoms. The highest BCUT2D eigenvalue weighted by Gasteiger charge is 2.06. The van der Waals surface area contributed by atoms with Crippen LogP contribution in [0, 0.1) is 11.3 Å². The number of anilines is 3. The van der Waals surface area contributed by atoms with Crippen LogP contribution in [0.3, 0.4) is 0 Å². The van der Waals surface area contributed by atoms with Crippen molar-refractivity contribution in [1.82, 2.24) is 0 Å². The molecule has 28 heavy (non-hydrogen) atoms. The summed E-state index contributed by atoms with van der Waals surface area (Å²) in [5.41, 5.74) is 4.73. The van der Waals surface area contributed by atoms with Gasteiger partial charge in [-0.05, 0) is 54.6 Å². The molecule has 4 aromatic rings. The van der Waals surface area contributed by atoms with E-state index < -0.39 is 0 Å². The standard InChI is InChI=1S/C23H17N3O2/c24-14-16-4-6-17(7-5-16)22(27)15-25-18-8-10-19(11-9-18)26-21-2-1-3-23-20(21)12-13-28-23/h1-13,25-26H,15H2. The first-order valence-corrected chi connectivity index (χ1v) is 8.83. The van der Waals surface area contributed by atoms with Crippen LogP contribution in [0.15, 0.2) is 83.5 Å². The normalized spacial score (nSPS) is 10.4. The van der Waals surface area contributed by atoms with Gasteiger partial charge in [-0.2, -0.15) is 5.26 Å². The maximum Gasteiger partial charge on any atom is 0.181 e. The first-order valence-electron chi connectivity index (χ1n) is 8.83. The van der Waals surface area contributed by atoms with Crippen molar-refractivity contribution in [3.05, 3.63) is 90.2 Å². The van der Waals surface area contributed by atoms with E-state index in [2.05, 4.69) is 10.6 Å². The van der Waals surface area contributed by atoms with Crippen LogP contribution in [0.2, 0.25) is 0 Å². The number of Topliss-reactive ketones (excluding diaryl/α,β-unsaturated/α-hetero) is 1. The lowest BCUT2D eigenvalue weighted by Crippen LogP contribution is -2.13. The van der Waals surface area contributed by atoms with Gasteiger partial charge < -0.3 is 15.1 Å². The second-order valence-corrected chi connectivity index (χ2v) is 6.31. The van der Waals surface area contributed by atoms with Gasteiger partial charge in [0.05, 0.1) is 24.4 Å². The van der Waals surface area contributed by atoms with E-state index in [9.17, 15) is 4.79 Å². The van der Waals surface area contributed by atoms with Crippen LogP contribution in [0.25, 0.3) is 11.0 Å². The number of hydrogen-bond donors (Lipinski definition) is 2. The molecular weight excluding hydrogens is 350 g/mol. The number of carbonyl (C=O) groups is 1. The molecule has 0 saturated heterocycles. The SMILES string of the molecule is N#Cc1ccc(C(=O)CNc2ccc(Nc3cccc4occc34)cc2)cc1. The van der Waals surface area contributed by atoms with Crippen LogP contribution >= 0.6 is 0 Å². The predicted molar refractivity (Wildman–Crippen MR) is 110 cm³/mol. The number of hydrogen-bond acceptors (Lipinski definition) is 5. The molecule has 0 spiro atoms. The number of nitriles is 1. The number of nitrogens with zero attached hydrogens (tertiary/aromatic N) is 1. The molecule has 4 rings (SSSR count). The summed E-state index contributed by atoms with van der Waals surface area (Å²) in [6.45, 7) is 0.188. The number of benzene rings is 3. The Labute approximate surface area is 162 Å². The van der Waals surface area contributed by atoms with E-state index in [1.807, 2.05) is 54.6 Å². The van der Waals surface area contributed by atoms with Crippen LogP contribution in [-0.4, -0.2) is 12.3 Å². The van der Waals surface area contributed by atoms with Crippen LogP contribution in [-0.2, 0) is 0 Å². The van der Waals surface area contributed by atoms with Crippen molar-refractivity contribution < 1.29 is 9.21 Å². The summed E-state index contributed by atoms with van der Waals surface area (Å²) in [6.07, 6.45) is 1.67. The molecule has 1 aromatic heterocycles. The maximum absolute atomic E-state index is 12.3. The van der Waals surface area contributed by atoms with Gasteiger partial charge in [-0.3, -0.25) is 4.79 Å². The van der Waals surface area contributed by atoms with Crippen molar-refractivity contribution in [2.75, 3.05) is 17.2 Å². The zero-order chi connectivity index (χ0) is 19.3. The molecule has 0 aliphatic rings. The lowest BCUT2D eigenvalue weighted by Gasteiger charge is -2.10. The molecule has 2 N–H and O–H groups in total. The van der Waals surface area contributed by atoms with E-state index in [4.69, 9.17) is 9.68 Å². The highest BCUT2D eigenvalue weighted by atomic mass is 16.3. The highest BCUT2D eigenvalue weighted by molar-refractivity contribution is 5.99. The van der Waals surface area contributed by atoms with Gasteiger partial charge in [0.15, 0.2) is 5.78 Å². The van der Waals surface area contributed by atoms with Crippen LogP contribution in [0.5, 0.6) is 0 Å². The molecule has 5 heteroatoms. The number of rotatable bonds is 6. The third kappa shape index (κ3) is 3.71. The number of fused-ring (bicyclic) bond motifs is 1. The number of nitrogens with one attached hydrogen (secondary N) is 2. The van der Waals surface area contributed by atoms with Gasteiger partial charge in [-0.1, -0.05) is 18.2 Å². The Morgan fingerprint density at radius 2 is 1.68 bits per heavy atom. The van der Waals surface area contributed by atoms with E-state index in [0.717, 1.165) is 28.0 Å². The lowest BCUT2D eigenvalue weighted by molar-refractivity contribution is 0.101. The molecule has 0 fully saturated rings. The molecular formula is C23H17N3O2. The molecule has 0 aliphatic heterocycles. The van der Waals surface area contributed by atoms with Gasteiger partial charge in [0.2, 0.25) is 0 Å². The molecule has 0 radical (unpaired) electrons. The topological polar surface area (TPSA) is 78.1 Å². The van der Waals surface area contributed by atoms with Crippen molar-refractivity contribution in [2.24, 2.45) is 0 Å². The van der Waals surface area contributed by atoms with Crippen molar-refractivity contribution in [1.29, 1.82) is 5.26 Å². The summed E-state index contributed by atoms with van der Waals surface area (Å²) in [5.74, 6) is -0.0293. The molecule has 0 saturated carbocycles. The molecule has 1 heterocycles. The van der Waals surface area contributed by atoms with Crippen LogP contribution in [0.1, 0.15) is 15.9 Å². The quantitative estimate of drug-likeness (QED) is 0.450. The zero-order valence-corrected chi connectivity index (χ0v) is 15.0. The summed E-state index contributed by atoms with van der Waals surface area (Å²) in [7, 11) is 0. The smallest absolute Gasteiger partial charge is 0.181 e. The first kappa shape index (κ1) is 17.4. The highest BCUT2D eigenvalue weighted by Crippen LogP contribution is 2.27. The molecule has 0 atom stereocenters. The fourth-order valence-corrected chi connectivity index (χ4v) is 2.95. The minimum absolute atomic E-state index is 0.0293. The minimum atomic E-state index is -0.0293. The lowest BCUT2D eigenvalue weighted by atomic mass is 10.1. The number of furan rings is 1. The summed E-state index contributed by atoms with van der Waals surface area (Å²) >= 11 is 0. The largest absolute Gasteiger partial charge is 0.464 e. The average molecular weight is 367 g/mol. The summed E-state index contributed by atoms with van der Waals surface area (Å²) in [5, 5.41) is 16.4. The van der Waals surface area contributed by atoms with Gasteiger partial charge in [0, 0.05) is 28.0 Å². The van der Waals surface area contributed by atoms with E-state index in [-0.39, 0.29) is 12.3 Å². The van der Waals surface area contributed by atoms with E-state index in [1.54, 1.807) is 30.5 Å². The van der Waals surface area contributed by atoms with Gasteiger partial charge >= 0.3 is 0 Å². The van der Waals surface area contributed by atoms with Crippen molar-refractivity contribution in [3.63, 3.8) is 0 Å². The van der Waals surface area contributed by atoms with E-state index >= 15 is 0 Å². The Bertz CT molecular complexity index is 1150. The van der Waals surface area contributed by atoms with Gasteiger partial charge in [0.1, 0.15) is 5.58 Å². The Balaban J connectivity index is 1.38. The Morgan fingerprint density at radius 3 is 2.43 bits per heavy atom. The monoisotopic (exact) mass is 367 g/mol. The summed E-state index contributed by atoms with van der Waals surface area (Å²) in [4.78, 5) is 12.3. The Hall–Kier alpha value is -4.04. The van der Waals surface area contributed by atoms with Gasteiger partial charge in [-0.15, -0.1) is 0 Å². The van der Waals surface area contributed by atoms with Crippen LogP contribution < -0.4 is 10.6 Å². The predicted octanol–water partition coefficient (Wildman–Crippen LogP) is 5.34. The molecule has 0 unspecified atom stereocenters. The summed E-state index contributed by atoms with van der Waals surface area (Å²) < 4.78 is 5.42. The van der Waals surface area contributed by atoms with E-state index in [1.165, 1.54) is 0 Å². The van der Waals surface area contributed by atoms with Crippen molar-refractivity contribution in [3.8, 4) is 6.07 Å². The van der Waals surface area contributed by atoms with Crippen molar-refractivity contribution >= 4 is 33.8 Å². The minimum Gasteiger partial charge on any atom is -0.464 e. The third-order valence-corrected chi connectivity index (χ3v) is 4.45. The fourth-order valence-electron chi connectivity index (χ4n) is 2.95. The first-order chi connectivity index (χ1) is 13.7. The molecule has 5 nitrogen and oxygen atoms in total. The Kier molecular flexibility index (Phi) is 4.77.